The van der Waals surface area contributed by atoms with Crippen LogP contribution in [0.25, 0.3) is 0 Å². The van der Waals surface area contributed by atoms with Crippen LogP contribution in [0.15, 0.2) is 24.5 Å². The summed E-state index contributed by atoms with van der Waals surface area (Å²) in [5, 5.41) is 3.29. The zero-order valence-electron chi connectivity index (χ0n) is 7.66. The van der Waals surface area contributed by atoms with E-state index in [1.807, 2.05) is 12.1 Å². The summed E-state index contributed by atoms with van der Waals surface area (Å²) in [6.45, 7) is 0.978. The van der Waals surface area contributed by atoms with Crippen LogP contribution in [0.3, 0.4) is 0 Å². The molecule has 2 heteroatoms. The summed E-state index contributed by atoms with van der Waals surface area (Å²) < 4.78 is 0. The molecule has 0 atom stereocenters. The van der Waals surface area contributed by atoms with Crippen molar-refractivity contribution < 1.29 is 0 Å². The van der Waals surface area contributed by atoms with Gasteiger partial charge in [0, 0.05) is 31.0 Å². The Bertz CT molecular complexity index is 261. The molecule has 0 spiro atoms. The number of nitrogens with one attached hydrogen (secondary N) is 1. The van der Waals surface area contributed by atoms with Crippen LogP contribution in [0.5, 0.6) is 0 Å². The zero-order valence-corrected chi connectivity index (χ0v) is 7.66. The summed E-state index contributed by atoms with van der Waals surface area (Å²) >= 11 is 0. The first kappa shape index (κ1) is 9.60. The molecular weight excluding hydrogens is 160 g/mol. The number of rotatable bonds is 5. The van der Waals surface area contributed by atoms with E-state index >= 15 is 0 Å². The number of anilines is 1. The third kappa shape index (κ3) is 4.17. The Morgan fingerprint density at radius 1 is 1.31 bits per heavy atom. The lowest BCUT2D eigenvalue weighted by molar-refractivity contribution is 0.789. The Morgan fingerprint density at radius 2 is 2.08 bits per heavy atom. The minimum atomic E-state index is 0.873. The van der Waals surface area contributed by atoms with E-state index in [1.165, 1.54) is 0 Å². The summed E-state index contributed by atoms with van der Waals surface area (Å²) in [5.41, 5.74) is 1.12. The summed E-state index contributed by atoms with van der Waals surface area (Å²) in [6, 6.07) is 3.92. The number of terminal acetylenes is 1. The van der Waals surface area contributed by atoms with Crippen molar-refractivity contribution in [2.75, 3.05) is 11.9 Å². The zero-order chi connectivity index (χ0) is 9.36. The highest BCUT2D eigenvalue weighted by molar-refractivity contribution is 5.40. The highest BCUT2D eigenvalue weighted by Gasteiger charge is 1.89. The van der Waals surface area contributed by atoms with Crippen LogP contribution < -0.4 is 5.32 Å². The summed E-state index contributed by atoms with van der Waals surface area (Å²) in [5.74, 6) is 2.63. The molecule has 0 radical (unpaired) electrons. The first-order valence-corrected chi connectivity index (χ1v) is 4.51. The van der Waals surface area contributed by atoms with Crippen LogP contribution in [-0.2, 0) is 0 Å². The molecule has 0 saturated heterocycles. The Morgan fingerprint density at radius 3 is 2.77 bits per heavy atom. The van der Waals surface area contributed by atoms with Crippen molar-refractivity contribution >= 4 is 5.69 Å². The molecule has 13 heavy (non-hydrogen) atoms. The minimum absolute atomic E-state index is 0.873. The molecule has 0 saturated carbocycles. The van der Waals surface area contributed by atoms with Gasteiger partial charge in [-0.3, -0.25) is 4.98 Å². The Balaban J connectivity index is 2.11. The maximum Gasteiger partial charge on any atom is 0.0371 e. The van der Waals surface area contributed by atoms with Crippen LogP contribution in [0.4, 0.5) is 5.69 Å². The molecule has 1 heterocycles. The molecule has 0 amide bonds. The predicted molar refractivity (Wildman–Crippen MR) is 55.4 cm³/mol. The fourth-order valence-corrected chi connectivity index (χ4v) is 1.05. The Kier molecular flexibility index (Phi) is 4.48. The normalized spacial score (nSPS) is 9.15. The third-order valence-electron chi connectivity index (χ3n) is 1.76. The van der Waals surface area contributed by atoms with Gasteiger partial charge in [-0.25, -0.2) is 0 Å². The van der Waals surface area contributed by atoms with Crippen molar-refractivity contribution in [1.29, 1.82) is 0 Å². The van der Waals surface area contributed by atoms with Crippen LogP contribution in [0.2, 0.25) is 0 Å². The van der Waals surface area contributed by atoms with Gasteiger partial charge in [0.05, 0.1) is 0 Å². The second kappa shape index (κ2) is 6.07. The van der Waals surface area contributed by atoms with E-state index in [2.05, 4.69) is 16.2 Å². The van der Waals surface area contributed by atoms with Crippen molar-refractivity contribution in [2.45, 2.75) is 19.3 Å². The number of nitrogens with zero attached hydrogens (tertiary/aromatic N) is 1. The lowest BCUT2D eigenvalue weighted by Gasteiger charge is -2.03. The summed E-state index contributed by atoms with van der Waals surface area (Å²) in [4.78, 5) is 3.94. The lowest BCUT2D eigenvalue weighted by atomic mass is 10.2. The number of hydrogen-bond acceptors (Lipinski definition) is 2. The third-order valence-corrected chi connectivity index (χ3v) is 1.76. The van der Waals surface area contributed by atoms with Crippen molar-refractivity contribution in [2.24, 2.45) is 0 Å². The molecule has 0 aliphatic rings. The van der Waals surface area contributed by atoms with Gasteiger partial charge in [-0.2, -0.15) is 0 Å². The Hall–Kier alpha value is -1.49. The maximum absolute atomic E-state index is 5.14. The smallest absolute Gasteiger partial charge is 0.0371 e. The molecule has 2 nitrogen and oxygen atoms in total. The fraction of sp³-hybridized carbons (Fsp3) is 0.364. The van der Waals surface area contributed by atoms with Gasteiger partial charge in [0.2, 0.25) is 0 Å². The molecule has 1 N–H and O–H groups in total. The maximum atomic E-state index is 5.14. The van der Waals surface area contributed by atoms with Gasteiger partial charge in [0.25, 0.3) is 0 Å². The van der Waals surface area contributed by atoms with E-state index in [-0.39, 0.29) is 0 Å². The molecule has 0 bridgehead atoms. The van der Waals surface area contributed by atoms with Gasteiger partial charge >= 0.3 is 0 Å². The van der Waals surface area contributed by atoms with Crippen molar-refractivity contribution in [1.82, 2.24) is 4.98 Å². The first-order valence-electron chi connectivity index (χ1n) is 4.51. The average molecular weight is 174 g/mol. The van der Waals surface area contributed by atoms with E-state index in [1.54, 1.807) is 12.4 Å². The van der Waals surface area contributed by atoms with Gasteiger partial charge in [-0.15, -0.1) is 12.3 Å². The second-order valence-electron chi connectivity index (χ2n) is 2.82. The minimum Gasteiger partial charge on any atom is -0.385 e. The molecule has 0 aromatic carbocycles. The van der Waals surface area contributed by atoms with Crippen LogP contribution in [0, 0.1) is 12.3 Å². The number of hydrogen-bond donors (Lipinski definition) is 1. The van der Waals surface area contributed by atoms with Gasteiger partial charge in [-0.1, -0.05) is 0 Å². The van der Waals surface area contributed by atoms with E-state index in [0.29, 0.717) is 0 Å². The average Bonchev–Trinajstić information content (AvgIpc) is 2.19. The van der Waals surface area contributed by atoms with Gasteiger partial charge in [0.1, 0.15) is 0 Å². The first-order chi connectivity index (χ1) is 6.43. The van der Waals surface area contributed by atoms with E-state index in [9.17, 15) is 0 Å². The number of unbranched alkanes of at least 4 members (excludes halogenated alkanes) is 2. The molecule has 0 fully saturated rings. The SMILES string of the molecule is C#CCCCCNc1ccncc1. The highest BCUT2D eigenvalue weighted by atomic mass is 14.9. The fourth-order valence-electron chi connectivity index (χ4n) is 1.05. The monoisotopic (exact) mass is 174 g/mol. The Labute approximate surface area is 79.4 Å². The molecule has 68 valence electrons. The summed E-state index contributed by atoms with van der Waals surface area (Å²) in [6.07, 6.45) is 11.8. The molecule has 0 aliphatic carbocycles. The summed E-state index contributed by atoms with van der Waals surface area (Å²) in [7, 11) is 0. The van der Waals surface area contributed by atoms with Gasteiger partial charge in [-0.05, 0) is 25.0 Å². The number of pyridine rings is 1. The molecule has 1 aromatic rings. The topological polar surface area (TPSA) is 24.9 Å². The quantitative estimate of drug-likeness (QED) is 0.547. The standard InChI is InChI=1S/C11H14N2/c1-2-3-4-5-8-13-11-6-9-12-10-7-11/h1,6-7,9-10H,3-5,8H2,(H,12,13). The van der Waals surface area contributed by atoms with E-state index in [0.717, 1.165) is 31.5 Å². The second-order valence-corrected chi connectivity index (χ2v) is 2.82. The van der Waals surface area contributed by atoms with Crippen LogP contribution in [-0.4, -0.2) is 11.5 Å². The van der Waals surface area contributed by atoms with Crippen molar-refractivity contribution in [3.8, 4) is 12.3 Å². The molecular formula is C11H14N2. The molecule has 1 rings (SSSR count). The molecule has 1 aromatic heterocycles. The van der Waals surface area contributed by atoms with Crippen LogP contribution >= 0.6 is 0 Å². The highest BCUT2D eigenvalue weighted by Crippen LogP contribution is 2.03. The van der Waals surface area contributed by atoms with E-state index in [4.69, 9.17) is 6.42 Å². The molecule has 0 unspecified atom stereocenters. The van der Waals surface area contributed by atoms with Crippen molar-refractivity contribution in [3.63, 3.8) is 0 Å². The predicted octanol–water partition coefficient (Wildman–Crippen LogP) is 2.30. The largest absolute Gasteiger partial charge is 0.385 e. The number of aromatic nitrogens is 1. The lowest BCUT2D eigenvalue weighted by Crippen LogP contribution is -2.00. The van der Waals surface area contributed by atoms with Crippen molar-refractivity contribution in [3.05, 3.63) is 24.5 Å². The van der Waals surface area contributed by atoms with Gasteiger partial charge in [0.15, 0.2) is 0 Å². The van der Waals surface area contributed by atoms with Crippen LogP contribution in [0.1, 0.15) is 19.3 Å². The van der Waals surface area contributed by atoms with Gasteiger partial charge < -0.3 is 5.32 Å². The van der Waals surface area contributed by atoms with E-state index < -0.39 is 0 Å². The molecule has 0 aliphatic heterocycles.